The molecule has 0 spiro atoms. The highest BCUT2D eigenvalue weighted by Crippen LogP contribution is 2.29. The van der Waals surface area contributed by atoms with Gasteiger partial charge in [0.25, 0.3) is 6.01 Å². The maximum Gasteiger partial charge on any atom is 0.389 e. The van der Waals surface area contributed by atoms with E-state index in [1.807, 2.05) is 7.05 Å². The molecule has 1 amide bonds. The lowest BCUT2D eigenvalue weighted by molar-refractivity contribution is -0.142. The Morgan fingerprint density at radius 3 is 2.70 bits per heavy atom. The Morgan fingerprint density at radius 2 is 2.00 bits per heavy atom. The monoisotopic (exact) mass is 430 g/mol. The number of hydrogen-bond acceptors (Lipinski definition) is 6. The number of ether oxygens (including phenoxy) is 2. The number of aromatic nitrogens is 4. The standard InChI is InChI=1S/C18H25F3N6O3/c1-25-15-14(16(24-23-15)26-6-8-29-9-7-26)22-17(25)30-12-10-27(11-12)13(28)4-2-3-5-18(19,20)21/h12H,2-11H2,1H3,(H,23,24). The number of fused-ring (bicyclic) bond motifs is 1. The van der Waals surface area contributed by atoms with Crippen LogP contribution < -0.4 is 9.64 Å². The maximum atomic E-state index is 12.2. The molecule has 2 aliphatic rings. The summed E-state index contributed by atoms with van der Waals surface area (Å²) in [6, 6.07) is 0.440. The number of likely N-dealkylation sites (tertiary alicyclic amines) is 1. The molecule has 12 heteroatoms. The smallest absolute Gasteiger partial charge is 0.389 e. The lowest BCUT2D eigenvalue weighted by Crippen LogP contribution is -2.56. The van der Waals surface area contributed by atoms with Crippen molar-refractivity contribution in [1.29, 1.82) is 0 Å². The molecule has 4 rings (SSSR count). The number of aryl methyl sites for hydroxylation is 1. The Balaban J connectivity index is 1.28. The van der Waals surface area contributed by atoms with Crippen molar-refractivity contribution in [3.05, 3.63) is 0 Å². The van der Waals surface area contributed by atoms with Gasteiger partial charge >= 0.3 is 6.18 Å². The second-order valence-electron chi connectivity index (χ2n) is 7.66. The molecule has 0 aromatic carbocycles. The fourth-order valence-electron chi connectivity index (χ4n) is 3.65. The van der Waals surface area contributed by atoms with Crippen molar-refractivity contribution in [2.24, 2.45) is 7.05 Å². The van der Waals surface area contributed by atoms with E-state index >= 15 is 0 Å². The van der Waals surface area contributed by atoms with E-state index in [2.05, 4.69) is 20.1 Å². The quantitative estimate of drug-likeness (QED) is 0.675. The van der Waals surface area contributed by atoms with Gasteiger partial charge in [0.05, 0.1) is 26.3 Å². The van der Waals surface area contributed by atoms with Crippen LogP contribution in [0.2, 0.25) is 0 Å². The van der Waals surface area contributed by atoms with Crippen molar-refractivity contribution in [2.75, 3.05) is 44.3 Å². The number of H-pyrrole nitrogens is 1. The summed E-state index contributed by atoms with van der Waals surface area (Å²) in [4.78, 5) is 20.4. The van der Waals surface area contributed by atoms with E-state index in [1.54, 1.807) is 9.47 Å². The van der Waals surface area contributed by atoms with Crippen LogP contribution in [0.4, 0.5) is 19.0 Å². The Kier molecular flexibility index (Phi) is 5.76. The Bertz CT molecular complexity index is 884. The molecule has 0 unspecified atom stereocenters. The number of morpholine rings is 1. The van der Waals surface area contributed by atoms with Gasteiger partial charge in [0.1, 0.15) is 6.10 Å². The maximum absolute atomic E-state index is 12.2. The first-order valence-electron chi connectivity index (χ1n) is 10.1. The van der Waals surface area contributed by atoms with Gasteiger partial charge in [0, 0.05) is 33.0 Å². The predicted octanol–water partition coefficient (Wildman–Crippen LogP) is 1.85. The molecule has 2 saturated heterocycles. The largest absolute Gasteiger partial charge is 0.458 e. The molecule has 30 heavy (non-hydrogen) atoms. The average Bonchev–Trinajstić information content (AvgIpc) is 3.21. The number of amides is 1. The molecule has 2 aromatic heterocycles. The normalized spacial score (nSPS) is 18.1. The third-order valence-electron chi connectivity index (χ3n) is 5.42. The zero-order valence-corrected chi connectivity index (χ0v) is 16.7. The second kappa shape index (κ2) is 8.32. The highest BCUT2D eigenvalue weighted by atomic mass is 19.4. The topological polar surface area (TPSA) is 88.5 Å². The molecule has 4 heterocycles. The number of nitrogens with one attached hydrogen (secondary N) is 1. The van der Waals surface area contributed by atoms with E-state index in [1.165, 1.54) is 0 Å². The molecule has 0 radical (unpaired) electrons. The number of anilines is 1. The summed E-state index contributed by atoms with van der Waals surface area (Å²) >= 11 is 0. The summed E-state index contributed by atoms with van der Waals surface area (Å²) < 4.78 is 49.6. The number of carbonyl (C=O) groups is 1. The number of nitrogens with zero attached hydrogens (tertiary/aromatic N) is 5. The van der Waals surface area contributed by atoms with Gasteiger partial charge in [-0.3, -0.25) is 14.5 Å². The van der Waals surface area contributed by atoms with Crippen molar-refractivity contribution in [3.63, 3.8) is 0 Å². The lowest BCUT2D eigenvalue weighted by Gasteiger charge is -2.38. The van der Waals surface area contributed by atoms with Crippen molar-refractivity contribution in [1.82, 2.24) is 24.6 Å². The first kappa shape index (κ1) is 20.8. The number of rotatable bonds is 7. The molecular formula is C18H25F3N6O3. The van der Waals surface area contributed by atoms with E-state index in [-0.39, 0.29) is 31.3 Å². The summed E-state index contributed by atoms with van der Waals surface area (Å²) in [6.45, 7) is 3.60. The summed E-state index contributed by atoms with van der Waals surface area (Å²) in [5.74, 6) is 0.630. The minimum atomic E-state index is -4.16. The molecular weight excluding hydrogens is 405 g/mol. The number of halogens is 3. The summed E-state index contributed by atoms with van der Waals surface area (Å²) in [7, 11) is 1.83. The zero-order chi connectivity index (χ0) is 21.3. The van der Waals surface area contributed by atoms with Gasteiger partial charge in [-0.2, -0.15) is 23.3 Å². The third-order valence-corrected chi connectivity index (χ3v) is 5.42. The summed E-state index contributed by atoms with van der Waals surface area (Å²) in [5.41, 5.74) is 1.48. The highest BCUT2D eigenvalue weighted by Gasteiger charge is 2.34. The van der Waals surface area contributed by atoms with Gasteiger partial charge in [0.15, 0.2) is 17.0 Å². The van der Waals surface area contributed by atoms with Gasteiger partial charge in [-0.05, 0) is 12.8 Å². The molecule has 166 valence electrons. The van der Waals surface area contributed by atoms with Crippen LogP contribution >= 0.6 is 0 Å². The van der Waals surface area contributed by atoms with Crippen LogP contribution in [-0.2, 0) is 16.6 Å². The van der Waals surface area contributed by atoms with Crippen LogP contribution in [0.1, 0.15) is 25.7 Å². The number of alkyl halides is 3. The van der Waals surface area contributed by atoms with Crippen LogP contribution in [0.15, 0.2) is 0 Å². The van der Waals surface area contributed by atoms with Crippen molar-refractivity contribution >= 4 is 22.9 Å². The lowest BCUT2D eigenvalue weighted by atomic mass is 10.1. The fraction of sp³-hybridized carbons (Fsp3) is 0.722. The molecule has 0 bridgehead atoms. The Labute approximate surface area is 171 Å². The fourth-order valence-corrected chi connectivity index (χ4v) is 3.65. The number of unbranched alkanes of at least 4 members (excludes halogenated alkanes) is 1. The van der Waals surface area contributed by atoms with Gasteiger partial charge in [-0.1, -0.05) is 0 Å². The number of aromatic amines is 1. The van der Waals surface area contributed by atoms with Crippen LogP contribution in [0.25, 0.3) is 11.2 Å². The molecule has 0 atom stereocenters. The number of carbonyl (C=O) groups excluding carboxylic acids is 1. The van der Waals surface area contributed by atoms with Gasteiger partial charge in [-0.15, -0.1) is 0 Å². The Morgan fingerprint density at radius 1 is 1.27 bits per heavy atom. The first-order valence-corrected chi connectivity index (χ1v) is 10.1. The highest BCUT2D eigenvalue weighted by molar-refractivity contribution is 5.85. The molecule has 9 nitrogen and oxygen atoms in total. The van der Waals surface area contributed by atoms with E-state index < -0.39 is 12.6 Å². The van der Waals surface area contributed by atoms with E-state index in [4.69, 9.17) is 9.47 Å². The number of hydrogen-bond donors (Lipinski definition) is 1. The van der Waals surface area contributed by atoms with Crippen LogP contribution in [0, 0.1) is 0 Å². The van der Waals surface area contributed by atoms with Crippen LogP contribution in [0.3, 0.4) is 0 Å². The molecule has 2 aliphatic heterocycles. The molecule has 0 aliphatic carbocycles. The summed E-state index contributed by atoms with van der Waals surface area (Å²) in [5, 5.41) is 7.36. The van der Waals surface area contributed by atoms with E-state index in [0.717, 1.165) is 30.1 Å². The predicted molar refractivity (Wildman–Crippen MR) is 101 cm³/mol. The summed E-state index contributed by atoms with van der Waals surface area (Å²) in [6.07, 6.45) is -4.86. The molecule has 2 aromatic rings. The van der Waals surface area contributed by atoms with Crippen molar-refractivity contribution in [3.8, 4) is 6.01 Å². The second-order valence-corrected chi connectivity index (χ2v) is 7.66. The minimum absolute atomic E-state index is 0.0259. The average molecular weight is 430 g/mol. The van der Waals surface area contributed by atoms with Crippen LogP contribution in [-0.4, -0.2) is 82.2 Å². The van der Waals surface area contributed by atoms with Gasteiger partial charge in [0.2, 0.25) is 5.91 Å². The SMILES string of the molecule is Cn1c(OC2CN(C(=O)CCCCC(F)(F)F)C2)nc2c(N3CCOCC3)n[nH]c21. The first-order chi connectivity index (χ1) is 14.3. The molecule has 0 saturated carbocycles. The van der Waals surface area contributed by atoms with Crippen molar-refractivity contribution in [2.45, 2.75) is 38.0 Å². The van der Waals surface area contributed by atoms with Crippen molar-refractivity contribution < 1.29 is 27.4 Å². The van der Waals surface area contributed by atoms with Gasteiger partial charge in [-0.25, -0.2) is 0 Å². The number of imidazole rings is 1. The van der Waals surface area contributed by atoms with Gasteiger partial charge < -0.3 is 19.3 Å². The minimum Gasteiger partial charge on any atom is -0.458 e. The molecule has 2 fully saturated rings. The Hall–Kier alpha value is -2.50. The van der Waals surface area contributed by atoms with Crippen LogP contribution in [0.5, 0.6) is 6.01 Å². The van der Waals surface area contributed by atoms with E-state index in [0.29, 0.717) is 32.3 Å². The third kappa shape index (κ3) is 4.47. The molecule has 1 N–H and O–H groups in total. The zero-order valence-electron chi connectivity index (χ0n) is 16.7. The van der Waals surface area contributed by atoms with E-state index in [9.17, 15) is 18.0 Å².